The van der Waals surface area contributed by atoms with E-state index in [2.05, 4.69) is 0 Å². The SMILES string of the molecule is O=C(OCc1ccccc1)N1C[C@@H](F)[C@@H](F)C1. The minimum atomic E-state index is -1.60. The van der Waals surface area contributed by atoms with Crippen molar-refractivity contribution in [3.63, 3.8) is 0 Å². The molecule has 0 unspecified atom stereocenters. The number of carbonyl (C=O) groups excluding carboxylic acids is 1. The lowest BCUT2D eigenvalue weighted by Crippen LogP contribution is -2.29. The van der Waals surface area contributed by atoms with Gasteiger partial charge in [0, 0.05) is 0 Å². The summed E-state index contributed by atoms with van der Waals surface area (Å²) in [6.45, 7) is -0.340. The summed E-state index contributed by atoms with van der Waals surface area (Å²) in [4.78, 5) is 12.5. The minimum Gasteiger partial charge on any atom is -0.445 e. The van der Waals surface area contributed by atoms with Crippen LogP contribution in [0.2, 0.25) is 0 Å². The maximum Gasteiger partial charge on any atom is 0.410 e. The van der Waals surface area contributed by atoms with Gasteiger partial charge in [-0.15, -0.1) is 0 Å². The number of nitrogens with zero attached hydrogens (tertiary/aromatic N) is 1. The van der Waals surface area contributed by atoms with E-state index in [1.54, 1.807) is 0 Å². The van der Waals surface area contributed by atoms with E-state index in [1.165, 1.54) is 0 Å². The molecule has 1 aliphatic heterocycles. The van der Waals surface area contributed by atoms with Crippen molar-refractivity contribution in [3.8, 4) is 0 Å². The van der Waals surface area contributed by atoms with Gasteiger partial charge in [0.25, 0.3) is 0 Å². The van der Waals surface area contributed by atoms with Gasteiger partial charge < -0.3 is 9.64 Å². The van der Waals surface area contributed by atoms with E-state index in [0.717, 1.165) is 10.5 Å². The molecule has 1 heterocycles. The molecular formula is C12H13F2NO2. The number of likely N-dealkylation sites (tertiary alicyclic amines) is 1. The molecule has 0 saturated carbocycles. The fourth-order valence-electron chi connectivity index (χ4n) is 1.68. The molecule has 1 saturated heterocycles. The van der Waals surface area contributed by atoms with Crippen LogP contribution < -0.4 is 0 Å². The van der Waals surface area contributed by atoms with Crippen molar-refractivity contribution in [2.45, 2.75) is 19.0 Å². The third-order valence-electron chi connectivity index (χ3n) is 2.65. The van der Waals surface area contributed by atoms with Gasteiger partial charge in [0.2, 0.25) is 0 Å². The molecule has 0 spiro atoms. The van der Waals surface area contributed by atoms with Gasteiger partial charge in [0.1, 0.15) is 6.61 Å². The van der Waals surface area contributed by atoms with Crippen LogP contribution in [0, 0.1) is 0 Å². The average molecular weight is 241 g/mol. The largest absolute Gasteiger partial charge is 0.445 e. The molecule has 0 radical (unpaired) electrons. The number of rotatable bonds is 2. The van der Waals surface area contributed by atoms with Gasteiger partial charge in [0.05, 0.1) is 13.1 Å². The smallest absolute Gasteiger partial charge is 0.410 e. The van der Waals surface area contributed by atoms with Gasteiger partial charge >= 0.3 is 6.09 Å². The molecular weight excluding hydrogens is 228 g/mol. The standard InChI is InChI=1S/C12H13F2NO2/c13-10-6-15(7-11(10)14)12(16)17-8-9-4-2-1-3-5-9/h1-5,10-11H,6-8H2/t10-,11+. The van der Waals surface area contributed by atoms with Crippen LogP contribution in [-0.2, 0) is 11.3 Å². The van der Waals surface area contributed by atoms with Crippen LogP contribution >= 0.6 is 0 Å². The maximum absolute atomic E-state index is 12.9. The van der Waals surface area contributed by atoms with Gasteiger partial charge in [-0.05, 0) is 5.56 Å². The van der Waals surface area contributed by atoms with Crippen molar-refractivity contribution in [2.24, 2.45) is 0 Å². The second-order valence-electron chi connectivity index (χ2n) is 3.98. The lowest BCUT2D eigenvalue weighted by Gasteiger charge is -2.14. The van der Waals surface area contributed by atoms with E-state index >= 15 is 0 Å². The number of amides is 1. The monoisotopic (exact) mass is 241 g/mol. The number of benzene rings is 1. The molecule has 0 aliphatic carbocycles. The van der Waals surface area contributed by atoms with E-state index in [9.17, 15) is 13.6 Å². The number of ether oxygens (including phenoxy) is 1. The molecule has 92 valence electrons. The number of carbonyl (C=O) groups is 1. The summed E-state index contributed by atoms with van der Waals surface area (Å²) in [7, 11) is 0. The highest BCUT2D eigenvalue weighted by molar-refractivity contribution is 5.68. The van der Waals surface area contributed by atoms with Crippen molar-refractivity contribution < 1.29 is 18.3 Å². The molecule has 1 aromatic rings. The first-order chi connectivity index (χ1) is 8.16. The molecule has 2 rings (SSSR count). The zero-order valence-corrected chi connectivity index (χ0v) is 9.18. The first-order valence-electron chi connectivity index (χ1n) is 5.40. The average Bonchev–Trinajstić information content (AvgIpc) is 2.68. The number of hydrogen-bond acceptors (Lipinski definition) is 2. The van der Waals surface area contributed by atoms with E-state index < -0.39 is 18.4 Å². The van der Waals surface area contributed by atoms with Crippen LogP contribution in [0.3, 0.4) is 0 Å². The van der Waals surface area contributed by atoms with Gasteiger partial charge in [-0.1, -0.05) is 30.3 Å². The Hall–Kier alpha value is -1.65. The highest BCUT2D eigenvalue weighted by Crippen LogP contribution is 2.17. The van der Waals surface area contributed by atoms with Crippen molar-refractivity contribution >= 4 is 6.09 Å². The molecule has 3 nitrogen and oxygen atoms in total. The quantitative estimate of drug-likeness (QED) is 0.795. The molecule has 0 bridgehead atoms. The number of alkyl halides is 2. The Kier molecular flexibility index (Phi) is 3.56. The highest BCUT2D eigenvalue weighted by atomic mass is 19.2. The summed E-state index contributed by atoms with van der Waals surface area (Å²) in [5.41, 5.74) is 0.841. The summed E-state index contributed by atoms with van der Waals surface area (Å²) in [5.74, 6) is 0. The van der Waals surface area contributed by atoms with Crippen LogP contribution in [0.5, 0.6) is 0 Å². The molecule has 1 aromatic carbocycles. The third-order valence-corrected chi connectivity index (χ3v) is 2.65. The topological polar surface area (TPSA) is 29.5 Å². The summed E-state index contributed by atoms with van der Waals surface area (Å²) in [5, 5.41) is 0. The van der Waals surface area contributed by atoms with Gasteiger partial charge in [0.15, 0.2) is 12.3 Å². The molecule has 2 atom stereocenters. The predicted octanol–water partition coefficient (Wildman–Crippen LogP) is 2.32. The fourth-order valence-corrected chi connectivity index (χ4v) is 1.68. The second kappa shape index (κ2) is 5.12. The molecule has 17 heavy (non-hydrogen) atoms. The van der Waals surface area contributed by atoms with Crippen LogP contribution in [0.1, 0.15) is 5.56 Å². The molecule has 0 N–H and O–H groups in total. The summed E-state index contributed by atoms with van der Waals surface area (Å²) in [6, 6.07) is 9.13. The van der Waals surface area contributed by atoms with Crippen LogP contribution in [-0.4, -0.2) is 36.4 Å². The molecule has 1 amide bonds. The lowest BCUT2D eigenvalue weighted by molar-refractivity contribution is 0.101. The first kappa shape index (κ1) is 11.8. The van der Waals surface area contributed by atoms with Gasteiger partial charge in [-0.2, -0.15) is 0 Å². The number of hydrogen-bond donors (Lipinski definition) is 0. The van der Waals surface area contributed by atoms with E-state index in [0.29, 0.717) is 0 Å². The minimum absolute atomic E-state index is 0.115. The Morgan fingerprint density at radius 1 is 1.24 bits per heavy atom. The molecule has 1 fully saturated rings. The maximum atomic E-state index is 12.9. The summed E-state index contributed by atoms with van der Waals surface area (Å²) < 4.78 is 30.7. The van der Waals surface area contributed by atoms with Crippen molar-refractivity contribution in [2.75, 3.05) is 13.1 Å². The van der Waals surface area contributed by atoms with E-state index in [1.807, 2.05) is 30.3 Å². The number of halogens is 2. The zero-order chi connectivity index (χ0) is 12.3. The third kappa shape index (κ3) is 2.93. The molecule has 1 aliphatic rings. The Bertz CT molecular complexity index is 375. The van der Waals surface area contributed by atoms with Crippen LogP contribution in [0.25, 0.3) is 0 Å². The first-order valence-corrected chi connectivity index (χ1v) is 5.40. The van der Waals surface area contributed by atoms with E-state index in [4.69, 9.17) is 4.74 Å². The normalized spacial score (nSPS) is 23.8. The van der Waals surface area contributed by atoms with Crippen molar-refractivity contribution in [1.82, 2.24) is 4.90 Å². The fraction of sp³-hybridized carbons (Fsp3) is 0.417. The lowest BCUT2D eigenvalue weighted by atomic mass is 10.2. The van der Waals surface area contributed by atoms with Crippen LogP contribution in [0.4, 0.5) is 13.6 Å². The Balaban J connectivity index is 1.82. The van der Waals surface area contributed by atoms with Crippen molar-refractivity contribution in [1.29, 1.82) is 0 Å². The highest BCUT2D eigenvalue weighted by Gasteiger charge is 2.36. The zero-order valence-electron chi connectivity index (χ0n) is 9.18. The summed E-state index contributed by atoms with van der Waals surface area (Å²) >= 11 is 0. The van der Waals surface area contributed by atoms with Crippen LogP contribution in [0.15, 0.2) is 30.3 Å². The predicted molar refractivity (Wildman–Crippen MR) is 58.0 cm³/mol. The molecule has 0 aromatic heterocycles. The Morgan fingerprint density at radius 2 is 1.82 bits per heavy atom. The van der Waals surface area contributed by atoms with Gasteiger partial charge in [-0.25, -0.2) is 13.6 Å². The Morgan fingerprint density at radius 3 is 2.41 bits per heavy atom. The Labute approximate surface area is 98.0 Å². The van der Waals surface area contributed by atoms with E-state index in [-0.39, 0.29) is 19.7 Å². The second-order valence-corrected chi connectivity index (χ2v) is 3.98. The molecule has 5 heteroatoms. The van der Waals surface area contributed by atoms with Gasteiger partial charge in [-0.3, -0.25) is 0 Å². The van der Waals surface area contributed by atoms with Crippen molar-refractivity contribution in [3.05, 3.63) is 35.9 Å². The summed E-state index contributed by atoms with van der Waals surface area (Å²) in [6.07, 6.45) is -3.87.